The smallest absolute Gasteiger partial charge is 0.161 e. The lowest BCUT2D eigenvalue weighted by atomic mass is 10.0. The lowest BCUT2D eigenvalue weighted by Gasteiger charge is -2.24. The van der Waals surface area contributed by atoms with Crippen LogP contribution in [0.2, 0.25) is 0 Å². The van der Waals surface area contributed by atoms with Crippen LogP contribution < -0.4 is 9.47 Å². The molecule has 2 aromatic rings. The Morgan fingerprint density at radius 2 is 2.04 bits per heavy atom. The van der Waals surface area contributed by atoms with Crippen LogP contribution in [0, 0.1) is 5.82 Å². The Balaban J connectivity index is 1.58. The van der Waals surface area contributed by atoms with E-state index in [1.54, 1.807) is 19.2 Å². The third-order valence-corrected chi connectivity index (χ3v) is 5.00. The molecule has 0 amide bonds. The van der Waals surface area contributed by atoms with E-state index in [1.165, 1.54) is 5.56 Å². The molecule has 1 atom stereocenters. The van der Waals surface area contributed by atoms with Crippen LogP contribution >= 0.6 is 0 Å². The van der Waals surface area contributed by atoms with Gasteiger partial charge in [0, 0.05) is 24.7 Å². The summed E-state index contributed by atoms with van der Waals surface area (Å²) in [7, 11) is 1.61. The molecule has 5 heteroatoms. The van der Waals surface area contributed by atoms with Gasteiger partial charge in [0.05, 0.1) is 13.7 Å². The molecular formula is C21H26FNO3. The zero-order valence-corrected chi connectivity index (χ0v) is 15.4. The second-order valence-corrected chi connectivity index (χ2v) is 6.73. The molecule has 0 unspecified atom stereocenters. The molecule has 0 radical (unpaired) electrons. The number of ether oxygens (including phenoxy) is 2. The van der Waals surface area contributed by atoms with Gasteiger partial charge < -0.3 is 14.6 Å². The van der Waals surface area contributed by atoms with Gasteiger partial charge in [-0.25, -0.2) is 4.39 Å². The van der Waals surface area contributed by atoms with Gasteiger partial charge in [-0.1, -0.05) is 18.2 Å². The number of hydrogen-bond donors (Lipinski definition) is 1. The van der Waals surface area contributed by atoms with Gasteiger partial charge in [0.2, 0.25) is 0 Å². The minimum atomic E-state index is -0.0968. The number of hydrogen-bond acceptors (Lipinski definition) is 4. The van der Waals surface area contributed by atoms with E-state index in [-0.39, 0.29) is 19.0 Å². The normalized spacial score (nSPS) is 14.9. The summed E-state index contributed by atoms with van der Waals surface area (Å²) in [6, 6.07) is 11.6. The molecule has 0 fully saturated rings. The summed E-state index contributed by atoms with van der Waals surface area (Å²) in [6.45, 7) is 3.91. The van der Waals surface area contributed by atoms with Gasteiger partial charge in [-0.2, -0.15) is 0 Å². The summed E-state index contributed by atoms with van der Waals surface area (Å²) < 4.78 is 24.8. The van der Waals surface area contributed by atoms with Crippen molar-refractivity contribution in [3.63, 3.8) is 0 Å². The molecule has 1 aliphatic rings. The van der Waals surface area contributed by atoms with E-state index in [1.807, 2.05) is 24.3 Å². The average molecular weight is 359 g/mol. The fraction of sp³-hybridized carbons (Fsp3) is 0.429. The molecule has 0 saturated heterocycles. The highest BCUT2D eigenvalue weighted by Gasteiger charge is 2.25. The number of benzene rings is 2. The molecule has 0 aliphatic carbocycles. The second-order valence-electron chi connectivity index (χ2n) is 6.73. The van der Waals surface area contributed by atoms with E-state index in [2.05, 4.69) is 11.8 Å². The van der Waals surface area contributed by atoms with Crippen molar-refractivity contribution in [2.75, 3.05) is 20.3 Å². The quantitative estimate of drug-likeness (QED) is 0.783. The fourth-order valence-corrected chi connectivity index (χ4v) is 3.42. The molecule has 1 heterocycles. The summed E-state index contributed by atoms with van der Waals surface area (Å²) >= 11 is 0. The van der Waals surface area contributed by atoms with E-state index in [4.69, 9.17) is 14.6 Å². The van der Waals surface area contributed by atoms with Crippen LogP contribution in [0.4, 0.5) is 4.39 Å². The van der Waals surface area contributed by atoms with Crippen molar-refractivity contribution in [2.24, 2.45) is 0 Å². The Bertz CT molecular complexity index is 750. The SMILES string of the molecule is COc1cc(CC[C@@H](C)N2Cc3cccc(F)c3C2)ccc1OCCO. The van der Waals surface area contributed by atoms with Crippen molar-refractivity contribution >= 4 is 0 Å². The first-order valence-corrected chi connectivity index (χ1v) is 9.03. The highest BCUT2D eigenvalue weighted by Crippen LogP contribution is 2.30. The zero-order valence-electron chi connectivity index (χ0n) is 15.4. The van der Waals surface area contributed by atoms with E-state index in [9.17, 15) is 4.39 Å². The Morgan fingerprint density at radius 1 is 1.19 bits per heavy atom. The summed E-state index contributed by atoms with van der Waals surface area (Å²) in [5.74, 6) is 1.23. The van der Waals surface area contributed by atoms with Crippen molar-refractivity contribution in [1.82, 2.24) is 4.90 Å². The third-order valence-electron chi connectivity index (χ3n) is 5.00. The predicted molar refractivity (Wildman–Crippen MR) is 99.0 cm³/mol. The summed E-state index contributed by atoms with van der Waals surface area (Å²) in [5, 5.41) is 8.88. The summed E-state index contributed by atoms with van der Waals surface area (Å²) in [6.07, 6.45) is 1.89. The minimum Gasteiger partial charge on any atom is -0.493 e. The minimum absolute atomic E-state index is 0.0265. The molecular weight excluding hydrogens is 333 g/mol. The number of aryl methyl sites for hydroxylation is 1. The molecule has 0 saturated carbocycles. The zero-order chi connectivity index (χ0) is 18.5. The van der Waals surface area contributed by atoms with Gasteiger partial charge in [-0.05, 0) is 49.1 Å². The van der Waals surface area contributed by atoms with Gasteiger partial charge in [0.25, 0.3) is 0 Å². The highest BCUT2D eigenvalue weighted by molar-refractivity contribution is 5.43. The predicted octanol–water partition coefficient (Wildman–Crippen LogP) is 3.54. The number of nitrogens with zero attached hydrogens (tertiary/aromatic N) is 1. The maximum absolute atomic E-state index is 13.9. The number of fused-ring (bicyclic) bond motifs is 1. The maximum atomic E-state index is 13.9. The van der Waals surface area contributed by atoms with Crippen LogP contribution in [0.5, 0.6) is 11.5 Å². The number of aliphatic hydroxyl groups excluding tert-OH is 1. The fourth-order valence-electron chi connectivity index (χ4n) is 3.42. The summed E-state index contributed by atoms with van der Waals surface area (Å²) in [4.78, 5) is 2.32. The molecule has 3 rings (SSSR count). The van der Waals surface area contributed by atoms with E-state index in [0.29, 0.717) is 24.1 Å². The van der Waals surface area contributed by atoms with Crippen LogP contribution in [0.3, 0.4) is 0 Å². The highest BCUT2D eigenvalue weighted by atomic mass is 19.1. The Kier molecular flexibility index (Phi) is 6.12. The molecule has 4 nitrogen and oxygen atoms in total. The van der Waals surface area contributed by atoms with Gasteiger partial charge in [-0.3, -0.25) is 4.90 Å². The molecule has 1 N–H and O–H groups in total. The first-order chi connectivity index (χ1) is 12.6. The number of halogens is 1. The number of methoxy groups -OCH3 is 1. The number of aliphatic hydroxyl groups is 1. The first kappa shape index (κ1) is 18.7. The van der Waals surface area contributed by atoms with E-state index < -0.39 is 0 Å². The van der Waals surface area contributed by atoms with Crippen LogP contribution in [0.25, 0.3) is 0 Å². The molecule has 0 spiro atoms. The van der Waals surface area contributed by atoms with Gasteiger partial charge in [0.1, 0.15) is 12.4 Å². The van der Waals surface area contributed by atoms with Gasteiger partial charge in [-0.15, -0.1) is 0 Å². The van der Waals surface area contributed by atoms with E-state index >= 15 is 0 Å². The Hall–Kier alpha value is -2.11. The van der Waals surface area contributed by atoms with Crippen molar-refractivity contribution < 1.29 is 19.0 Å². The molecule has 140 valence electrons. The number of rotatable bonds is 8. The lowest BCUT2D eigenvalue weighted by Crippen LogP contribution is -2.28. The van der Waals surface area contributed by atoms with E-state index in [0.717, 1.165) is 30.5 Å². The lowest BCUT2D eigenvalue weighted by molar-refractivity contribution is 0.196. The van der Waals surface area contributed by atoms with Gasteiger partial charge in [0.15, 0.2) is 11.5 Å². The van der Waals surface area contributed by atoms with Crippen LogP contribution in [0.15, 0.2) is 36.4 Å². The molecule has 0 bridgehead atoms. The maximum Gasteiger partial charge on any atom is 0.161 e. The van der Waals surface area contributed by atoms with Crippen LogP contribution in [-0.4, -0.2) is 36.4 Å². The topological polar surface area (TPSA) is 41.9 Å². The molecule has 2 aromatic carbocycles. The van der Waals surface area contributed by atoms with Crippen molar-refractivity contribution in [3.05, 3.63) is 58.9 Å². The second kappa shape index (κ2) is 8.52. The molecule has 0 aromatic heterocycles. The Labute approximate surface area is 154 Å². The van der Waals surface area contributed by atoms with Crippen LogP contribution in [-0.2, 0) is 19.5 Å². The third kappa shape index (κ3) is 4.17. The van der Waals surface area contributed by atoms with Gasteiger partial charge >= 0.3 is 0 Å². The molecule has 1 aliphatic heterocycles. The van der Waals surface area contributed by atoms with Crippen molar-refractivity contribution in [2.45, 2.75) is 38.9 Å². The Morgan fingerprint density at radius 3 is 2.77 bits per heavy atom. The average Bonchev–Trinajstić information content (AvgIpc) is 3.10. The van der Waals surface area contributed by atoms with Crippen molar-refractivity contribution in [3.8, 4) is 11.5 Å². The monoisotopic (exact) mass is 359 g/mol. The van der Waals surface area contributed by atoms with Crippen molar-refractivity contribution in [1.29, 1.82) is 0 Å². The standard InChI is InChI=1S/C21H26FNO3/c1-15(23-13-17-4-3-5-19(22)18(17)14-23)6-7-16-8-9-20(26-11-10-24)21(12-16)25-2/h3-5,8-9,12,15,24H,6-7,10-11,13-14H2,1-2H3/t15-/m1/s1. The summed E-state index contributed by atoms with van der Waals surface area (Å²) in [5.41, 5.74) is 3.11. The first-order valence-electron chi connectivity index (χ1n) is 9.03. The molecule has 26 heavy (non-hydrogen) atoms. The van der Waals surface area contributed by atoms with Crippen LogP contribution in [0.1, 0.15) is 30.0 Å². The largest absolute Gasteiger partial charge is 0.493 e.